The molecule has 0 N–H and O–H groups in total. The van der Waals surface area contributed by atoms with Crippen LogP contribution in [0.3, 0.4) is 0 Å². The van der Waals surface area contributed by atoms with E-state index in [1.807, 2.05) is 26.8 Å². The monoisotopic (exact) mass is 379 g/mol. The van der Waals surface area contributed by atoms with Crippen molar-refractivity contribution in [3.63, 3.8) is 0 Å². The molecular weight excluding hydrogens is 353 g/mol. The quantitative estimate of drug-likeness (QED) is 0.748. The van der Waals surface area contributed by atoms with Crippen molar-refractivity contribution < 1.29 is 28.1 Å². The van der Waals surface area contributed by atoms with Gasteiger partial charge < -0.3 is 18.9 Å². The third-order valence-corrected chi connectivity index (χ3v) is 4.43. The van der Waals surface area contributed by atoms with E-state index in [2.05, 4.69) is 0 Å². The number of benzene rings is 1. The Balaban J connectivity index is 1.82. The molecule has 1 aromatic rings. The first-order chi connectivity index (χ1) is 12.8. The molecule has 2 unspecified atom stereocenters. The molecule has 0 radical (unpaired) electrons. The average molecular weight is 379 g/mol. The lowest BCUT2D eigenvalue weighted by atomic mass is 9.90. The van der Waals surface area contributed by atoms with E-state index in [0.29, 0.717) is 30.9 Å². The van der Waals surface area contributed by atoms with Crippen LogP contribution in [0.15, 0.2) is 24.3 Å². The van der Waals surface area contributed by atoms with Crippen LogP contribution in [0.5, 0.6) is 5.75 Å². The van der Waals surface area contributed by atoms with Crippen LogP contribution in [-0.2, 0) is 14.2 Å². The maximum Gasteiger partial charge on any atom is 0.411 e. The van der Waals surface area contributed by atoms with E-state index >= 15 is 0 Å². The summed E-state index contributed by atoms with van der Waals surface area (Å²) in [5.74, 6) is 0.0491. The zero-order chi connectivity index (χ0) is 19.6. The Labute approximate surface area is 158 Å². The SMILES string of the molecule is COCOc1ccc(C2=CC3COCC(C2)N3C(=O)OC(C)(C)C)c(F)c1. The molecule has 27 heavy (non-hydrogen) atoms. The van der Waals surface area contributed by atoms with Gasteiger partial charge >= 0.3 is 6.09 Å². The van der Waals surface area contributed by atoms with Crippen LogP contribution in [0.4, 0.5) is 9.18 Å². The number of carbonyl (C=O) groups excluding carboxylic acids is 1. The number of morpholine rings is 1. The summed E-state index contributed by atoms with van der Waals surface area (Å²) in [5, 5.41) is 0. The second-order valence-electron chi connectivity index (χ2n) is 7.73. The fourth-order valence-corrected chi connectivity index (χ4v) is 3.37. The number of hydrogen-bond donors (Lipinski definition) is 0. The summed E-state index contributed by atoms with van der Waals surface area (Å²) in [6.07, 6.45) is 2.04. The molecule has 2 aliphatic heterocycles. The standard InChI is InChI=1S/C20H26FNO5/c1-20(2,3)27-19(23)22-14-7-13(8-15(22)11-25-10-14)17-6-5-16(9-18(17)21)26-12-24-4/h5-7,9,14-15H,8,10-12H2,1-4H3. The van der Waals surface area contributed by atoms with Crippen molar-refractivity contribution in [1.82, 2.24) is 4.90 Å². The number of fused-ring (bicyclic) bond motifs is 2. The van der Waals surface area contributed by atoms with Crippen LogP contribution >= 0.6 is 0 Å². The van der Waals surface area contributed by atoms with Crippen molar-refractivity contribution in [1.29, 1.82) is 0 Å². The van der Waals surface area contributed by atoms with Crippen molar-refractivity contribution in [2.24, 2.45) is 0 Å². The van der Waals surface area contributed by atoms with Crippen LogP contribution in [0, 0.1) is 5.82 Å². The smallest absolute Gasteiger partial charge is 0.411 e. The van der Waals surface area contributed by atoms with Gasteiger partial charge in [0.2, 0.25) is 0 Å². The van der Waals surface area contributed by atoms with Crippen molar-refractivity contribution in [3.05, 3.63) is 35.7 Å². The summed E-state index contributed by atoms with van der Waals surface area (Å²) in [7, 11) is 1.51. The molecular formula is C20H26FNO5. The summed E-state index contributed by atoms with van der Waals surface area (Å²) < 4.78 is 35.9. The van der Waals surface area contributed by atoms with Crippen molar-refractivity contribution in [2.45, 2.75) is 44.9 Å². The van der Waals surface area contributed by atoms with Gasteiger partial charge in [-0.3, -0.25) is 4.90 Å². The molecule has 0 aliphatic carbocycles. The number of nitrogens with zero attached hydrogens (tertiary/aromatic N) is 1. The first-order valence-electron chi connectivity index (χ1n) is 9.00. The molecule has 6 nitrogen and oxygen atoms in total. The Morgan fingerprint density at radius 2 is 2.11 bits per heavy atom. The molecule has 2 aliphatic rings. The third kappa shape index (κ3) is 4.59. The molecule has 1 fully saturated rings. The molecule has 3 rings (SSSR count). The lowest BCUT2D eigenvalue weighted by Crippen LogP contribution is -2.57. The van der Waals surface area contributed by atoms with Gasteiger partial charge in [0.1, 0.15) is 17.2 Å². The van der Waals surface area contributed by atoms with Crippen LogP contribution in [0.2, 0.25) is 0 Å². The van der Waals surface area contributed by atoms with Crippen LogP contribution in [-0.4, -0.2) is 55.8 Å². The summed E-state index contributed by atoms with van der Waals surface area (Å²) in [6, 6.07) is 4.31. The molecule has 7 heteroatoms. The molecule has 1 aromatic carbocycles. The van der Waals surface area contributed by atoms with E-state index in [0.717, 1.165) is 5.57 Å². The summed E-state index contributed by atoms with van der Waals surface area (Å²) in [5.41, 5.74) is 0.810. The van der Waals surface area contributed by atoms with Crippen molar-refractivity contribution in [3.8, 4) is 5.75 Å². The Hall–Kier alpha value is -2.12. The maximum absolute atomic E-state index is 14.6. The van der Waals surface area contributed by atoms with Gasteiger partial charge in [0.15, 0.2) is 6.79 Å². The largest absolute Gasteiger partial charge is 0.467 e. The average Bonchev–Trinajstić information content (AvgIpc) is 2.57. The van der Waals surface area contributed by atoms with Gasteiger partial charge in [0.05, 0.1) is 25.3 Å². The Morgan fingerprint density at radius 3 is 2.74 bits per heavy atom. The Morgan fingerprint density at radius 1 is 1.33 bits per heavy atom. The summed E-state index contributed by atoms with van der Waals surface area (Å²) >= 11 is 0. The highest BCUT2D eigenvalue weighted by molar-refractivity contribution is 5.75. The van der Waals surface area contributed by atoms with Crippen molar-refractivity contribution in [2.75, 3.05) is 27.1 Å². The van der Waals surface area contributed by atoms with Gasteiger partial charge in [-0.05, 0) is 44.9 Å². The molecule has 2 bridgehead atoms. The normalized spacial score (nSPS) is 22.3. The minimum Gasteiger partial charge on any atom is -0.467 e. The predicted molar refractivity (Wildman–Crippen MR) is 98.0 cm³/mol. The van der Waals surface area contributed by atoms with Crippen LogP contribution in [0.1, 0.15) is 32.8 Å². The highest BCUT2D eigenvalue weighted by atomic mass is 19.1. The van der Waals surface area contributed by atoms with Gasteiger partial charge in [-0.25, -0.2) is 9.18 Å². The van der Waals surface area contributed by atoms with Crippen LogP contribution in [0.25, 0.3) is 5.57 Å². The van der Waals surface area contributed by atoms with Crippen molar-refractivity contribution >= 4 is 11.7 Å². The van der Waals surface area contributed by atoms with Gasteiger partial charge in [0, 0.05) is 18.7 Å². The molecule has 2 heterocycles. The highest BCUT2D eigenvalue weighted by Crippen LogP contribution is 2.35. The van der Waals surface area contributed by atoms with Gasteiger partial charge in [-0.2, -0.15) is 0 Å². The number of methoxy groups -OCH3 is 1. The maximum atomic E-state index is 14.6. The molecule has 0 aromatic heterocycles. The number of hydrogen-bond acceptors (Lipinski definition) is 5. The highest BCUT2D eigenvalue weighted by Gasteiger charge is 2.40. The topological polar surface area (TPSA) is 57.2 Å². The second kappa shape index (κ2) is 7.86. The molecule has 0 saturated carbocycles. The lowest BCUT2D eigenvalue weighted by Gasteiger charge is -2.44. The van der Waals surface area contributed by atoms with Gasteiger partial charge in [0.25, 0.3) is 0 Å². The molecule has 1 amide bonds. The fourth-order valence-electron chi connectivity index (χ4n) is 3.37. The van der Waals surface area contributed by atoms with E-state index in [1.54, 1.807) is 17.0 Å². The number of carbonyl (C=O) groups is 1. The number of halogens is 1. The third-order valence-electron chi connectivity index (χ3n) is 4.43. The first kappa shape index (κ1) is 19.6. The van der Waals surface area contributed by atoms with E-state index in [-0.39, 0.29) is 30.8 Å². The lowest BCUT2D eigenvalue weighted by molar-refractivity contribution is -0.0510. The zero-order valence-corrected chi connectivity index (χ0v) is 16.2. The summed E-state index contributed by atoms with van der Waals surface area (Å²) in [4.78, 5) is 14.3. The summed E-state index contributed by atoms with van der Waals surface area (Å²) in [6.45, 7) is 6.36. The van der Waals surface area contributed by atoms with E-state index in [9.17, 15) is 9.18 Å². The van der Waals surface area contributed by atoms with Gasteiger partial charge in [-0.15, -0.1) is 0 Å². The Kier molecular flexibility index (Phi) is 5.72. The minimum absolute atomic E-state index is 0.0633. The van der Waals surface area contributed by atoms with E-state index in [4.69, 9.17) is 18.9 Å². The van der Waals surface area contributed by atoms with Crippen LogP contribution < -0.4 is 4.74 Å². The second-order valence-corrected chi connectivity index (χ2v) is 7.73. The Bertz CT molecular complexity index is 728. The number of rotatable bonds is 4. The first-order valence-corrected chi connectivity index (χ1v) is 9.00. The zero-order valence-electron chi connectivity index (χ0n) is 16.2. The molecule has 0 spiro atoms. The molecule has 2 atom stereocenters. The molecule has 148 valence electrons. The van der Waals surface area contributed by atoms with E-state index in [1.165, 1.54) is 13.2 Å². The van der Waals surface area contributed by atoms with Gasteiger partial charge in [-0.1, -0.05) is 6.08 Å². The fraction of sp³-hybridized carbons (Fsp3) is 0.550. The van der Waals surface area contributed by atoms with E-state index < -0.39 is 5.60 Å². The predicted octanol–water partition coefficient (Wildman–Crippen LogP) is 3.60. The minimum atomic E-state index is -0.569. The number of ether oxygens (including phenoxy) is 4. The molecule has 1 saturated heterocycles. The number of amides is 1.